The summed E-state index contributed by atoms with van der Waals surface area (Å²) in [5.74, 6) is -0.187. The standard InChI is InChI=1S/C17H18N4O4S2/c1-10(19-11(2)22)15-6-7-16(26-15)27(24,25)20-12-4-5-13-14(8-12)18-9-21(3)17(13)23/h4-10,20H,1-3H3,(H,19,22). The molecule has 0 fully saturated rings. The van der Waals surface area contributed by atoms with Crippen LogP contribution in [0.3, 0.4) is 0 Å². The van der Waals surface area contributed by atoms with Crippen molar-refractivity contribution in [2.75, 3.05) is 4.72 Å². The molecule has 3 rings (SSSR count). The van der Waals surface area contributed by atoms with Crippen molar-refractivity contribution in [2.45, 2.75) is 24.1 Å². The topological polar surface area (TPSA) is 110 Å². The Morgan fingerprint density at radius 2 is 2.00 bits per heavy atom. The Kier molecular flexibility index (Phi) is 5.03. The van der Waals surface area contributed by atoms with E-state index in [-0.39, 0.29) is 21.7 Å². The van der Waals surface area contributed by atoms with Crippen LogP contribution in [0.15, 0.2) is 45.7 Å². The highest BCUT2D eigenvalue weighted by atomic mass is 32.2. The molecule has 1 atom stereocenters. The summed E-state index contributed by atoms with van der Waals surface area (Å²) in [5.41, 5.74) is 0.516. The zero-order valence-electron chi connectivity index (χ0n) is 14.9. The molecule has 0 saturated heterocycles. The third-order valence-electron chi connectivity index (χ3n) is 3.88. The molecule has 1 unspecified atom stereocenters. The Bertz CT molecular complexity index is 1180. The first-order chi connectivity index (χ1) is 12.7. The molecule has 2 aromatic heterocycles. The number of aromatic nitrogens is 2. The fourth-order valence-corrected chi connectivity index (χ4v) is 4.94. The number of sulfonamides is 1. The minimum absolute atomic E-state index is 0.131. The number of aryl methyl sites for hydroxylation is 1. The molecular formula is C17H18N4O4S2. The van der Waals surface area contributed by atoms with Crippen LogP contribution in [-0.4, -0.2) is 23.9 Å². The van der Waals surface area contributed by atoms with Crippen molar-refractivity contribution in [3.63, 3.8) is 0 Å². The van der Waals surface area contributed by atoms with E-state index in [1.807, 2.05) is 0 Å². The molecule has 0 bridgehead atoms. The van der Waals surface area contributed by atoms with Crippen LogP contribution in [0.1, 0.15) is 24.8 Å². The SMILES string of the molecule is CC(=O)NC(C)c1ccc(S(=O)(=O)Nc2ccc3c(=O)n(C)cnc3c2)s1. The van der Waals surface area contributed by atoms with Gasteiger partial charge in [-0.15, -0.1) is 11.3 Å². The van der Waals surface area contributed by atoms with Gasteiger partial charge in [0, 0.05) is 18.8 Å². The first kappa shape index (κ1) is 19.1. The molecule has 0 aliphatic carbocycles. The van der Waals surface area contributed by atoms with Gasteiger partial charge in [-0.3, -0.25) is 14.3 Å². The third kappa shape index (κ3) is 4.01. The average molecular weight is 406 g/mol. The number of thiophene rings is 1. The van der Waals surface area contributed by atoms with Gasteiger partial charge in [-0.25, -0.2) is 13.4 Å². The second-order valence-electron chi connectivity index (χ2n) is 6.08. The minimum atomic E-state index is -3.80. The van der Waals surface area contributed by atoms with Crippen molar-refractivity contribution in [3.05, 3.63) is 51.9 Å². The summed E-state index contributed by atoms with van der Waals surface area (Å²) in [6.07, 6.45) is 1.39. The summed E-state index contributed by atoms with van der Waals surface area (Å²) >= 11 is 1.08. The average Bonchev–Trinajstić information content (AvgIpc) is 3.08. The van der Waals surface area contributed by atoms with Crippen LogP contribution in [-0.2, 0) is 21.9 Å². The van der Waals surface area contributed by atoms with Gasteiger partial charge in [0.2, 0.25) is 5.91 Å². The summed E-state index contributed by atoms with van der Waals surface area (Å²) < 4.78 is 29.3. The van der Waals surface area contributed by atoms with Crippen molar-refractivity contribution < 1.29 is 13.2 Å². The molecule has 2 N–H and O–H groups in total. The lowest BCUT2D eigenvalue weighted by atomic mass is 10.2. The molecule has 27 heavy (non-hydrogen) atoms. The fraction of sp³-hybridized carbons (Fsp3) is 0.235. The van der Waals surface area contributed by atoms with Gasteiger partial charge in [-0.05, 0) is 37.3 Å². The van der Waals surface area contributed by atoms with Gasteiger partial charge in [0.25, 0.3) is 15.6 Å². The summed E-state index contributed by atoms with van der Waals surface area (Å²) in [5, 5.41) is 3.13. The summed E-state index contributed by atoms with van der Waals surface area (Å²) in [4.78, 5) is 28.1. The van der Waals surface area contributed by atoms with Gasteiger partial charge in [0.15, 0.2) is 0 Å². The first-order valence-corrected chi connectivity index (χ1v) is 10.3. The fourth-order valence-electron chi connectivity index (χ4n) is 2.57. The van der Waals surface area contributed by atoms with Gasteiger partial charge >= 0.3 is 0 Å². The molecule has 3 aromatic rings. The molecule has 2 heterocycles. The molecule has 0 radical (unpaired) electrons. The molecule has 0 saturated carbocycles. The van der Waals surface area contributed by atoms with Crippen LogP contribution in [0, 0.1) is 0 Å². The van der Waals surface area contributed by atoms with Crippen molar-refractivity contribution >= 4 is 43.9 Å². The minimum Gasteiger partial charge on any atom is -0.349 e. The van der Waals surface area contributed by atoms with E-state index in [0.717, 1.165) is 16.2 Å². The van der Waals surface area contributed by atoms with Crippen molar-refractivity contribution in [3.8, 4) is 0 Å². The zero-order chi connectivity index (χ0) is 19.8. The predicted molar refractivity (Wildman–Crippen MR) is 104 cm³/mol. The Balaban J connectivity index is 1.87. The van der Waals surface area contributed by atoms with Crippen LogP contribution in [0.25, 0.3) is 10.9 Å². The van der Waals surface area contributed by atoms with Gasteiger partial charge in [-0.1, -0.05) is 0 Å². The Labute approximate surface area is 159 Å². The summed E-state index contributed by atoms with van der Waals surface area (Å²) in [7, 11) is -2.20. The molecule has 10 heteroatoms. The van der Waals surface area contributed by atoms with E-state index in [9.17, 15) is 18.0 Å². The van der Waals surface area contributed by atoms with Crippen molar-refractivity contribution in [1.29, 1.82) is 0 Å². The van der Waals surface area contributed by atoms with Crippen LogP contribution < -0.4 is 15.6 Å². The lowest BCUT2D eigenvalue weighted by Gasteiger charge is -2.10. The summed E-state index contributed by atoms with van der Waals surface area (Å²) in [6, 6.07) is 7.47. The smallest absolute Gasteiger partial charge is 0.271 e. The molecule has 8 nitrogen and oxygen atoms in total. The van der Waals surface area contributed by atoms with E-state index >= 15 is 0 Å². The number of rotatable bonds is 5. The van der Waals surface area contributed by atoms with Gasteiger partial charge in [-0.2, -0.15) is 0 Å². The Hall–Kier alpha value is -2.72. The second-order valence-corrected chi connectivity index (χ2v) is 9.10. The Morgan fingerprint density at radius 3 is 2.70 bits per heavy atom. The van der Waals surface area contributed by atoms with Crippen LogP contribution in [0.2, 0.25) is 0 Å². The molecule has 0 spiro atoms. The maximum Gasteiger partial charge on any atom is 0.271 e. The molecule has 1 amide bonds. The third-order valence-corrected chi connectivity index (χ3v) is 7.03. The molecule has 142 valence electrons. The van der Waals surface area contributed by atoms with Gasteiger partial charge in [0.1, 0.15) is 4.21 Å². The molecule has 0 aliphatic rings. The number of anilines is 1. The first-order valence-electron chi connectivity index (χ1n) is 8.02. The normalized spacial score (nSPS) is 12.7. The Morgan fingerprint density at radius 1 is 1.26 bits per heavy atom. The molecule has 0 aliphatic heterocycles. The van der Waals surface area contributed by atoms with Gasteiger partial charge < -0.3 is 9.88 Å². The highest BCUT2D eigenvalue weighted by Gasteiger charge is 2.19. The number of carbonyl (C=O) groups excluding carboxylic acids is 1. The number of hydrogen-bond acceptors (Lipinski definition) is 6. The number of hydrogen-bond donors (Lipinski definition) is 2. The number of benzene rings is 1. The van der Waals surface area contributed by atoms with E-state index in [2.05, 4.69) is 15.0 Å². The second kappa shape index (κ2) is 7.12. The number of carbonyl (C=O) groups is 1. The van der Waals surface area contributed by atoms with Crippen LogP contribution in [0.4, 0.5) is 5.69 Å². The predicted octanol–water partition coefficient (Wildman–Crippen LogP) is 1.99. The maximum absolute atomic E-state index is 12.6. The van der Waals surface area contributed by atoms with Crippen LogP contribution >= 0.6 is 11.3 Å². The highest BCUT2D eigenvalue weighted by molar-refractivity contribution is 7.94. The highest BCUT2D eigenvalue weighted by Crippen LogP contribution is 2.28. The van der Waals surface area contributed by atoms with E-state index in [0.29, 0.717) is 16.6 Å². The zero-order valence-corrected chi connectivity index (χ0v) is 16.5. The quantitative estimate of drug-likeness (QED) is 0.673. The molecular weight excluding hydrogens is 388 g/mol. The largest absolute Gasteiger partial charge is 0.349 e. The van der Waals surface area contributed by atoms with Gasteiger partial charge in [0.05, 0.1) is 29.0 Å². The van der Waals surface area contributed by atoms with Crippen molar-refractivity contribution in [2.24, 2.45) is 7.05 Å². The molecule has 1 aromatic carbocycles. The maximum atomic E-state index is 12.6. The number of fused-ring (bicyclic) bond motifs is 1. The lowest BCUT2D eigenvalue weighted by molar-refractivity contribution is -0.119. The van der Waals surface area contributed by atoms with E-state index in [1.165, 1.54) is 36.0 Å². The van der Waals surface area contributed by atoms with E-state index < -0.39 is 10.0 Å². The monoisotopic (exact) mass is 406 g/mol. The van der Waals surface area contributed by atoms with E-state index in [4.69, 9.17) is 0 Å². The van der Waals surface area contributed by atoms with E-state index in [1.54, 1.807) is 26.1 Å². The van der Waals surface area contributed by atoms with Crippen molar-refractivity contribution in [1.82, 2.24) is 14.9 Å². The number of nitrogens with zero attached hydrogens (tertiary/aromatic N) is 2. The lowest BCUT2D eigenvalue weighted by Crippen LogP contribution is -2.22. The number of nitrogens with one attached hydrogen (secondary N) is 2. The van der Waals surface area contributed by atoms with Crippen LogP contribution in [0.5, 0.6) is 0 Å². The number of amides is 1. The summed E-state index contributed by atoms with van der Waals surface area (Å²) in [6.45, 7) is 3.19.